The first-order chi connectivity index (χ1) is 2.41. The first-order valence-electron chi connectivity index (χ1n) is 0.716. The monoisotopic (exact) mass is 274 g/mol. The molecule has 5 nitrogen and oxygen atoms in total. The van der Waals surface area contributed by atoms with Crippen LogP contribution in [0.2, 0.25) is 0 Å². The summed E-state index contributed by atoms with van der Waals surface area (Å²) in [5.41, 5.74) is 0. The molecule has 0 unspecified atom stereocenters. The van der Waals surface area contributed by atoms with Gasteiger partial charge in [-0.25, -0.2) is 0 Å². The SMILES string of the molecule is NN.O=NO.[Pt]. The molecule has 0 aliphatic rings. The van der Waals surface area contributed by atoms with Gasteiger partial charge >= 0.3 is 0 Å². The molecule has 0 amide bonds. The van der Waals surface area contributed by atoms with Crippen LogP contribution in [0.15, 0.2) is 5.34 Å². The van der Waals surface area contributed by atoms with Crippen molar-refractivity contribution in [1.29, 1.82) is 0 Å². The smallest absolute Gasteiger partial charge is 0.152 e. The molecular weight excluding hydrogens is 269 g/mol. The van der Waals surface area contributed by atoms with Crippen molar-refractivity contribution in [1.82, 2.24) is 0 Å². The van der Waals surface area contributed by atoms with Crippen molar-refractivity contribution in [2.75, 3.05) is 0 Å². The van der Waals surface area contributed by atoms with Crippen molar-refractivity contribution in [2.24, 2.45) is 17.0 Å². The van der Waals surface area contributed by atoms with Crippen molar-refractivity contribution in [2.45, 2.75) is 0 Å². The zero-order valence-electron chi connectivity index (χ0n) is 2.77. The van der Waals surface area contributed by atoms with E-state index in [2.05, 4.69) is 11.7 Å². The van der Waals surface area contributed by atoms with E-state index in [0.29, 0.717) is 0 Å². The molecule has 6 heavy (non-hydrogen) atoms. The van der Waals surface area contributed by atoms with Crippen LogP contribution in [0.4, 0.5) is 0 Å². The predicted octanol–water partition coefficient (Wildman–Crippen LogP) is -1.04. The summed E-state index contributed by atoms with van der Waals surface area (Å²) in [4.78, 5) is 8.11. The maximum Gasteiger partial charge on any atom is 0.152 e. The standard InChI is InChI=1S/H4N2.HNO2.Pt/c1-2;2-1-3;/h1-2H2;(H,2,3);. The van der Waals surface area contributed by atoms with Gasteiger partial charge in [-0.15, -0.1) is 4.91 Å². The quantitative estimate of drug-likeness (QED) is 0.298. The minimum absolute atomic E-state index is 0. The Labute approximate surface area is 48.9 Å². The van der Waals surface area contributed by atoms with Gasteiger partial charge in [-0.2, -0.15) is 0 Å². The normalized spacial score (nSPS) is 3.00. The van der Waals surface area contributed by atoms with Gasteiger partial charge in [0, 0.05) is 21.1 Å². The van der Waals surface area contributed by atoms with Crippen LogP contribution < -0.4 is 11.7 Å². The average molecular weight is 274 g/mol. The Morgan fingerprint density at radius 1 is 1.50 bits per heavy atom. The van der Waals surface area contributed by atoms with Gasteiger partial charge in [0.1, 0.15) is 0 Å². The molecule has 6 heteroatoms. The molecule has 0 atom stereocenters. The number of hydrazine groups is 1. The third-order valence-electron chi connectivity index (χ3n) is 0. The molecule has 0 spiro atoms. The Balaban J connectivity index is -0.0000000275. The summed E-state index contributed by atoms with van der Waals surface area (Å²) >= 11 is 0. The van der Waals surface area contributed by atoms with Crippen molar-refractivity contribution in [3.8, 4) is 0 Å². The molecule has 0 saturated carbocycles. The van der Waals surface area contributed by atoms with E-state index < -0.39 is 0 Å². The van der Waals surface area contributed by atoms with Crippen molar-refractivity contribution in [3.63, 3.8) is 0 Å². The van der Waals surface area contributed by atoms with Gasteiger partial charge in [-0.05, 0) is 0 Å². The van der Waals surface area contributed by atoms with Gasteiger partial charge in [0.05, 0.1) is 0 Å². The predicted molar refractivity (Wildman–Crippen MR) is 16.0 cm³/mol. The van der Waals surface area contributed by atoms with Gasteiger partial charge < -0.3 is 5.21 Å². The molecule has 0 heterocycles. The van der Waals surface area contributed by atoms with Crippen molar-refractivity contribution >= 4 is 0 Å². The second kappa shape index (κ2) is 79.1. The van der Waals surface area contributed by atoms with Crippen LogP contribution in [0, 0.1) is 4.91 Å². The molecule has 5 N–H and O–H groups in total. The number of nitrogens with two attached hydrogens (primary N) is 2. The number of rotatable bonds is 0. The second-order valence-corrected chi connectivity index (χ2v) is 0.0816. The fraction of sp³-hybridized carbons (Fsp3) is 0. The van der Waals surface area contributed by atoms with Crippen LogP contribution in [0.3, 0.4) is 0 Å². The van der Waals surface area contributed by atoms with Gasteiger partial charge in [-0.3, -0.25) is 11.7 Å². The summed E-state index contributed by atoms with van der Waals surface area (Å²) in [6.07, 6.45) is 0. The molecule has 0 aromatic heterocycles. The maximum absolute atomic E-state index is 8.11. The zero-order valence-corrected chi connectivity index (χ0v) is 5.05. The van der Waals surface area contributed by atoms with E-state index in [-0.39, 0.29) is 21.1 Å². The van der Waals surface area contributed by atoms with E-state index in [1.807, 2.05) is 0 Å². The molecule has 42 valence electrons. The van der Waals surface area contributed by atoms with Crippen molar-refractivity contribution in [3.05, 3.63) is 4.91 Å². The average Bonchev–Trinajstić information content (AvgIpc) is 1.46. The summed E-state index contributed by atoms with van der Waals surface area (Å²) in [6.45, 7) is 0. The third kappa shape index (κ3) is 525000. The first-order valence-corrected chi connectivity index (χ1v) is 0.716. The number of nitrogens with zero attached hydrogens (tertiary/aromatic N) is 1. The number of hydrogen-bond donors (Lipinski definition) is 3. The van der Waals surface area contributed by atoms with E-state index in [9.17, 15) is 0 Å². The summed E-state index contributed by atoms with van der Waals surface area (Å²) in [7, 11) is 0. The van der Waals surface area contributed by atoms with E-state index >= 15 is 0 Å². The van der Waals surface area contributed by atoms with Gasteiger partial charge in [0.2, 0.25) is 0 Å². The van der Waals surface area contributed by atoms with Gasteiger partial charge in [0.15, 0.2) is 5.34 Å². The third-order valence-corrected chi connectivity index (χ3v) is 0. The Kier molecular flexibility index (Phi) is 220. The molecule has 0 aromatic rings. The second-order valence-electron chi connectivity index (χ2n) is 0.0816. The van der Waals surface area contributed by atoms with E-state index in [1.165, 1.54) is 5.34 Å². The Morgan fingerprint density at radius 3 is 1.50 bits per heavy atom. The van der Waals surface area contributed by atoms with Crippen LogP contribution in [-0.4, -0.2) is 5.21 Å². The largest absolute Gasteiger partial charge is 0.379 e. The van der Waals surface area contributed by atoms with Crippen LogP contribution in [-0.2, 0) is 21.1 Å². The molecule has 0 aliphatic carbocycles. The van der Waals surface area contributed by atoms with E-state index in [1.54, 1.807) is 0 Å². The van der Waals surface area contributed by atoms with Crippen LogP contribution in [0.5, 0.6) is 0 Å². The Bertz CT molecular complexity index is 16.3. The fourth-order valence-corrected chi connectivity index (χ4v) is 0. The fourth-order valence-electron chi connectivity index (χ4n) is 0. The summed E-state index contributed by atoms with van der Waals surface area (Å²) in [6, 6.07) is 0. The van der Waals surface area contributed by atoms with Crippen molar-refractivity contribution < 1.29 is 26.3 Å². The number of hydrogen-bond acceptors (Lipinski definition) is 4. The molecule has 0 aliphatic heterocycles. The minimum Gasteiger partial charge on any atom is -0.379 e. The zero-order chi connectivity index (χ0) is 4.71. The van der Waals surface area contributed by atoms with Crippen LogP contribution in [0.1, 0.15) is 0 Å². The molecule has 0 saturated heterocycles. The van der Waals surface area contributed by atoms with Crippen LogP contribution in [0.25, 0.3) is 0 Å². The summed E-state index contributed by atoms with van der Waals surface area (Å²) < 4.78 is 0. The van der Waals surface area contributed by atoms with Gasteiger partial charge in [0.25, 0.3) is 0 Å². The maximum atomic E-state index is 8.11. The van der Waals surface area contributed by atoms with E-state index in [0.717, 1.165) is 0 Å². The Hall–Kier alpha value is 0.00831. The molecular formula is H5N3O2Pt. The topological polar surface area (TPSA) is 102 Å². The van der Waals surface area contributed by atoms with E-state index in [4.69, 9.17) is 10.1 Å². The van der Waals surface area contributed by atoms with Gasteiger partial charge in [-0.1, -0.05) is 0 Å². The summed E-state index contributed by atoms with van der Waals surface area (Å²) in [5, 5.41) is 7.89. The molecule has 0 fully saturated rings. The molecule has 0 radical (unpaired) electrons. The molecule has 0 bridgehead atoms. The molecule has 0 aromatic carbocycles. The Morgan fingerprint density at radius 2 is 1.50 bits per heavy atom. The molecule has 0 rings (SSSR count). The first kappa shape index (κ1) is 16.7. The summed E-state index contributed by atoms with van der Waals surface area (Å²) in [5.74, 6) is 8.00. The van der Waals surface area contributed by atoms with Crippen LogP contribution >= 0.6 is 0 Å². The minimum atomic E-state index is 0.